The Labute approximate surface area is 233 Å². The van der Waals surface area contributed by atoms with Gasteiger partial charge in [-0.05, 0) is 56.0 Å². The van der Waals surface area contributed by atoms with Crippen LogP contribution in [0.25, 0.3) is 32.8 Å². The number of aromatic carboxylic acids is 1. The van der Waals surface area contributed by atoms with Crippen molar-refractivity contribution in [2.24, 2.45) is 0 Å². The van der Waals surface area contributed by atoms with Crippen LogP contribution in [0, 0.1) is 6.92 Å². The predicted molar refractivity (Wildman–Crippen MR) is 157 cm³/mol. The number of aryl methyl sites for hydroxylation is 4. The maximum atomic E-state index is 12.8. The highest BCUT2D eigenvalue weighted by atomic mass is 16.5. The van der Waals surface area contributed by atoms with Crippen LogP contribution < -0.4 is 4.74 Å². The summed E-state index contributed by atoms with van der Waals surface area (Å²) in [5.74, 6) is -0.0336. The van der Waals surface area contributed by atoms with Gasteiger partial charge in [-0.1, -0.05) is 61.0 Å². The largest absolute Gasteiger partial charge is 0.493 e. The Morgan fingerprint density at radius 3 is 2.85 bits per heavy atom. The van der Waals surface area contributed by atoms with Gasteiger partial charge in [0.2, 0.25) is 0 Å². The fraction of sp³-hybridized carbons (Fsp3) is 0.333. The first-order chi connectivity index (χ1) is 19.6. The molecule has 0 fully saturated rings. The number of carboxylic acid groups (broad SMARTS) is 1. The molecule has 0 bridgehead atoms. The molecule has 0 spiro atoms. The summed E-state index contributed by atoms with van der Waals surface area (Å²) < 4.78 is 14.2. The van der Waals surface area contributed by atoms with Crippen LogP contribution in [0.2, 0.25) is 0 Å². The quantitative estimate of drug-likeness (QED) is 0.217. The van der Waals surface area contributed by atoms with E-state index in [4.69, 9.17) is 9.47 Å². The third-order valence-corrected chi connectivity index (χ3v) is 7.90. The minimum Gasteiger partial charge on any atom is -0.493 e. The molecule has 2 aromatic heterocycles. The summed E-state index contributed by atoms with van der Waals surface area (Å²) in [5, 5.41) is 21.5. The molecule has 206 valence electrons. The van der Waals surface area contributed by atoms with E-state index in [-0.39, 0.29) is 0 Å². The van der Waals surface area contributed by atoms with Gasteiger partial charge in [0.15, 0.2) is 0 Å². The van der Waals surface area contributed by atoms with Crippen molar-refractivity contribution in [2.75, 3.05) is 13.2 Å². The summed E-state index contributed by atoms with van der Waals surface area (Å²) in [5.41, 5.74) is 7.40. The summed E-state index contributed by atoms with van der Waals surface area (Å²) in [7, 11) is 0. The first-order valence-corrected chi connectivity index (χ1v) is 14.2. The Balaban J connectivity index is 1.37. The van der Waals surface area contributed by atoms with Crippen molar-refractivity contribution in [1.82, 2.24) is 14.8 Å². The molecule has 40 heavy (non-hydrogen) atoms. The summed E-state index contributed by atoms with van der Waals surface area (Å²) >= 11 is 0. The van der Waals surface area contributed by atoms with E-state index >= 15 is 0 Å². The normalized spacial score (nSPS) is 13.8. The lowest BCUT2D eigenvalue weighted by Gasteiger charge is -2.12. The van der Waals surface area contributed by atoms with Gasteiger partial charge in [0.25, 0.3) is 0 Å². The molecule has 7 heteroatoms. The number of fused-ring (bicyclic) bond motifs is 3. The summed E-state index contributed by atoms with van der Waals surface area (Å²) in [6.07, 6.45) is 3.79. The first-order valence-electron chi connectivity index (χ1n) is 14.2. The molecule has 0 amide bonds. The Hall–Kier alpha value is -4.10. The Kier molecular flexibility index (Phi) is 7.30. The number of para-hydroxylation sites is 1. The van der Waals surface area contributed by atoms with Gasteiger partial charge in [0.1, 0.15) is 11.4 Å². The van der Waals surface area contributed by atoms with Crippen LogP contribution in [-0.2, 0) is 30.7 Å². The molecular formula is C33H35N3O4. The number of rotatable bonds is 7. The third-order valence-electron chi connectivity index (χ3n) is 7.90. The minimum absolute atomic E-state index is 0.381. The van der Waals surface area contributed by atoms with Crippen molar-refractivity contribution >= 4 is 27.6 Å². The van der Waals surface area contributed by atoms with E-state index in [0.29, 0.717) is 44.9 Å². The highest BCUT2D eigenvalue weighted by Crippen LogP contribution is 2.38. The molecule has 3 aromatic carbocycles. The number of hydrogen-bond acceptors (Lipinski definition) is 4. The van der Waals surface area contributed by atoms with Crippen molar-refractivity contribution in [3.05, 3.63) is 82.8 Å². The van der Waals surface area contributed by atoms with E-state index in [9.17, 15) is 9.90 Å². The maximum Gasteiger partial charge on any atom is 0.352 e. The fourth-order valence-electron chi connectivity index (χ4n) is 6.08. The van der Waals surface area contributed by atoms with E-state index in [1.807, 2.05) is 22.8 Å². The molecule has 0 unspecified atom stereocenters. The number of carboxylic acids is 1. The second-order valence-electron chi connectivity index (χ2n) is 10.6. The number of hydrogen-bond donors (Lipinski definition) is 2. The zero-order chi connectivity index (χ0) is 27.6. The number of aromatic nitrogens is 3. The van der Waals surface area contributed by atoms with Crippen molar-refractivity contribution < 1.29 is 19.4 Å². The van der Waals surface area contributed by atoms with Crippen molar-refractivity contribution in [1.29, 1.82) is 0 Å². The SMILES string of the molecule is CCc1n[nH]c2c1-c1cccc3c(CCCOc4cccc5cc(C)ccc45)c(C(=O)O)n(c13)CCCCOC2. The zero-order valence-electron chi connectivity index (χ0n) is 23.1. The van der Waals surface area contributed by atoms with Gasteiger partial charge in [-0.2, -0.15) is 5.10 Å². The monoisotopic (exact) mass is 537 g/mol. The molecule has 0 saturated heterocycles. The van der Waals surface area contributed by atoms with Gasteiger partial charge < -0.3 is 19.1 Å². The second kappa shape index (κ2) is 11.2. The van der Waals surface area contributed by atoms with Crippen LogP contribution in [0.3, 0.4) is 0 Å². The molecule has 6 rings (SSSR count). The molecule has 3 heterocycles. The van der Waals surface area contributed by atoms with Gasteiger partial charge in [0.05, 0.1) is 30.1 Å². The lowest BCUT2D eigenvalue weighted by atomic mass is 9.97. The van der Waals surface area contributed by atoms with E-state index in [0.717, 1.165) is 74.8 Å². The number of aromatic amines is 1. The molecule has 0 saturated carbocycles. The van der Waals surface area contributed by atoms with Crippen LogP contribution in [0.4, 0.5) is 0 Å². The minimum atomic E-state index is -0.892. The highest BCUT2D eigenvalue weighted by Gasteiger charge is 2.26. The maximum absolute atomic E-state index is 12.8. The smallest absolute Gasteiger partial charge is 0.352 e. The standard InChI is InChI=1S/C33H35N3O4/c1-3-27-30-26-11-7-10-24-25(12-8-18-40-29-13-6-9-22-19-21(2)14-15-23(22)29)32(33(37)38)36(31(24)26)16-4-5-17-39-20-28(30)35-34-27/h6-7,9-11,13-15,19H,3-5,8,12,16-18,20H2,1-2H3,(H,34,35)(H,37,38). The fourth-order valence-corrected chi connectivity index (χ4v) is 6.08. The number of carbonyl (C=O) groups is 1. The van der Waals surface area contributed by atoms with E-state index in [1.165, 1.54) is 5.56 Å². The van der Waals surface area contributed by atoms with E-state index in [2.05, 4.69) is 60.4 Å². The average molecular weight is 538 g/mol. The molecule has 0 radical (unpaired) electrons. The van der Waals surface area contributed by atoms with Crippen molar-refractivity contribution in [2.45, 2.75) is 59.1 Å². The molecule has 5 aromatic rings. The number of nitrogens with zero attached hydrogens (tertiary/aromatic N) is 2. The second-order valence-corrected chi connectivity index (χ2v) is 10.6. The Morgan fingerprint density at radius 2 is 2.00 bits per heavy atom. The van der Waals surface area contributed by atoms with Crippen molar-refractivity contribution in [3.8, 4) is 16.9 Å². The van der Waals surface area contributed by atoms with Crippen LogP contribution in [0.15, 0.2) is 54.6 Å². The first kappa shape index (κ1) is 26.1. The number of H-pyrrole nitrogens is 1. The number of nitrogens with one attached hydrogen (secondary N) is 1. The Morgan fingerprint density at radius 1 is 1.12 bits per heavy atom. The van der Waals surface area contributed by atoms with Crippen LogP contribution in [0.5, 0.6) is 5.75 Å². The molecule has 2 N–H and O–H groups in total. The predicted octanol–water partition coefficient (Wildman–Crippen LogP) is 7.08. The summed E-state index contributed by atoms with van der Waals surface area (Å²) in [6.45, 7) is 6.39. The third kappa shape index (κ3) is 4.75. The van der Waals surface area contributed by atoms with E-state index < -0.39 is 5.97 Å². The van der Waals surface area contributed by atoms with Crippen LogP contribution in [-0.4, -0.2) is 39.1 Å². The molecule has 0 aliphatic carbocycles. The lowest BCUT2D eigenvalue weighted by Crippen LogP contribution is -2.12. The van der Waals surface area contributed by atoms with E-state index in [1.54, 1.807) is 0 Å². The Bertz CT molecular complexity index is 1700. The lowest BCUT2D eigenvalue weighted by molar-refractivity contribution is 0.0683. The molecule has 1 aliphatic rings. The van der Waals surface area contributed by atoms with Gasteiger partial charge in [-0.3, -0.25) is 5.10 Å². The summed E-state index contributed by atoms with van der Waals surface area (Å²) in [6, 6.07) is 18.7. The van der Waals surface area contributed by atoms with Crippen LogP contribution >= 0.6 is 0 Å². The summed E-state index contributed by atoms with van der Waals surface area (Å²) in [4.78, 5) is 12.8. The van der Waals surface area contributed by atoms with Gasteiger partial charge >= 0.3 is 5.97 Å². The average Bonchev–Trinajstić information content (AvgIpc) is 3.50. The zero-order valence-corrected chi connectivity index (χ0v) is 23.1. The van der Waals surface area contributed by atoms with Gasteiger partial charge in [0, 0.05) is 35.1 Å². The van der Waals surface area contributed by atoms with Crippen molar-refractivity contribution in [3.63, 3.8) is 0 Å². The molecule has 1 aliphatic heterocycles. The van der Waals surface area contributed by atoms with Gasteiger partial charge in [-0.25, -0.2) is 4.79 Å². The topological polar surface area (TPSA) is 89.4 Å². The molecular weight excluding hydrogens is 502 g/mol. The molecule has 0 atom stereocenters. The van der Waals surface area contributed by atoms with Gasteiger partial charge in [-0.15, -0.1) is 0 Å². The number of benzene rings is 3. The number of ether oxygens (including phenoxy) is 2. The van der Waals surface area contributed by atoms with Crippen LogP contribution in [0.1, 0.15) is 59.2 Å². The molecule has 7 nitrogen and oxygen atoms in total. The highest BCUT2D eigenvalue weighted by molar-refractivity contribution is 6.04.